The molecule has 0 bridgehead atoms. The summed E-state index contributed by atoms with van der Waals surface area (Å²) >= 11 is 8.46. The average molecular weight is 282 g/mol. The predicted octanol–water partition coefficient (Wildman–Crippen LogP) is 2.27. The Hall–Kier alpha value is -1.20. The minimum Gasteiger partial charge on any atom is -0.389 e. The molecule has 15 heavy (non-hydrogen) atoms. The molecule has 0 fully saturated rings. The molecule has 0 saturated carbocycles. The van der Waals surface area contributed by atoms with Crippen LogP contribution in [0.3, 0.4) is 0 Å². The lowest BCUT2D eigenvalue weighted by molar-refractivity contribution is 1.05. The van der Waals surface area contributed by atoms with E-state index in [1.54, 1.807) is 12.5 Å². The minimum atomic E-state index is 0.367. The van der Waals surface area contributed by atoms with Gasteiger partial charge >= 0.3 is 0 Å². The molecule has 0 aliphatic rings. The molecule has 2 rings (SSSR count). The first-order chi connectivity index (χ1) is 7.20. The highest BCUT2D eigenvalue weighted by Gasteiger charge is 2.10. The molecule has 0 aliphatic carbocycles. The molecule has 0 spiro atoms. The van der Waals surface area contributed by atoms with Crippen LogP contribution in [0.1, 0.15) is 5.56 Å². The van der Waals surface area contributed by atoms with E-state index in [9.17, 15) is 0 Å². The number of nitrogens with two attached hydrogens (primary N) is 1. The zero-order valence-corrected chi connectivity index (χ0v) is 10.1. The molecular weight excluding hydrogens is 274 g/mol. The lowest BCUT2D eigenvalue weighted by Gasteiger charge is -2.10. The van der Waals surface area contributed by atoms with Crippen molar-refractivity contribution in [2.24, 2.45) is 5.73 Å². The molecule has 2 N–H and O–H groups in total. The Balaban J connectivity index is 2.66. The molecule has 1 heterocycles. The number of aromatic nitrogens is 2. The van der Waals surface area contributed by atoms with E-state index < -0.39 is 0 Å². The molecule has 0 aliphatic heterocycles. The van der Waals surface area contributed by atoms with Gasteiger partial charge in [0.25, 0.3) is 0 Å². The van der Waals surface area contributed by atoms with Gasteiger partial charge < -0.3 is 10.3 Å². The molecule has 0 atom stereocenters. The first kappa shape index (κ1) is 10.3. The molecule has 5 heteroatoms. The first-order valence-corrected chi connectivity index (χ1v) is 5.47. The van der Waals surface area contributed by atoms with Gasteiger partial charge in [-0.1, -0.05) is 18.3 Å². The number of hydrogen-bond donors (Lipinski definition) is 1. The SMILES string of the molecule is NC(=S)c1c(Br)cccc1-n1ccnc1. The van der Waals surface area contributed by atoms with Gasteiger partial charge in [-0.05, 0) is 28.1 Å². The normalized spacial score (nSPS) is 10.2. The van der Waals surface area contributed by atoms with Gasteiger partial charge in [0.2, 0.25) is 0 Å². The van der Waals surface area contributed by atoms with Crippen LogP contribution in [0, 0.1) is 0 Å². The van der Waals surface area contributed by atoms with Crippen molar-refractivity contribution >= 4 is 33.1 Å². The second-order valence-electron chi connectivity index (χ2n) is 2.97. The summed E-state index contributed by atoms with van der Waals surface area (Å²) in [5.74, 6) is 0. The van der Waals surface area contributed by atoms with E-state index in [-0.39, 0.29) is 0 Å². The summed E-state index contributed by atoms with van der Waals surface area (Å²) in [5.41, 5.74) is 7.44. The molecule has 1 aromatic heterocycles. The van der Waals surface area contributed by atoms with Crippen molar-refractivity contribution in [2.45, 2.75) is 0 Å². The molecule has 0 unspecified atom stereocenters. The van der Waals surface area contributed by atoms with E-state index in [0.29, 0.717) is 4.99 Å². The number of nitrogens with zero attached hydrogens (tertiary/aromatic N) is 2. The lowest BCUT2D eigenvalue weighted by Crippen LogP contribution is -2.13. The van der Waals surface area contributed by atoms with E-state index in [4.69, 9.17) is 18.0 Å². The number of benzene rings is 1. The highest BCUT2D eigenvalue weighted by Crippen LogP contribution is 2.23. The van der Waals surface area contributed by atoms with Crippen LogP contribution < -0.4 is 5.73 Å². The zero-order chi connectivity index (χ0) is 10.8. The summed E-state index contributed by atoms with van der Waals surface area (Å²) in [7, 11) is 0. The third-order valence-corrected chi connectivity index (χ3v) is 2.89. The number of rotatable bonds is 2. The zero-order valence-electron chi connectivity index (χ0n) is 7.72. The van der Waals surface area contributed by atoms with Crippen molar-refractivity contribution in [2.75, 3.05) is 0 Å². The number of imidazole rings is 1. The Bertz CT molecular complexity index is 493. The smallest absolute Gasteiger partial charge is 0.107 e. The van der Waals surface area contributed by atoms with Gasteiger partial charge in [-0.2, -0.15) is 0 Å². The van der Waals surface area contributed by atoms with Crippen molar-refractivity contribution in [3.63, 3.8) is 0 Å². The second-order valence-corrected chi connectivity index (χ2v) is 4.26. The Morgan fingerprint density at radius 2 is 2.27 bits per heavy atom. The summed E-state index contributed by atoms with van der Waals surface area (Å²) in [6, 6.07) is 5.79. The van der Waals surface area contributed by atoms with E-state index in [1.807, 2.05) is 29.0 Å². The maximum absolute atomic E-state index is 5.69. The van der Waals surface area contributed by atoms with E-state index in [2.05, 4.69) is 20.9 Å². The lowest BCUT2D eigenvalue weighted by atomic mass is 10.2. The molecule has 2 aromatic rings. The van der Waals surface area contributed by atoms with Crippen molar-refractivity contribution in [1.82, 2.24) is 9.55 Å². The van der Waals surface area contributed by atoms with Crippen LogP contribution in [0.25, 0.3) is 5.69 Å². The van der Waals surface area contributed by atoms with Crippen molar-refractivity contribution in [3.05, 3.63) is 47.0 Å². The largest absolute Gasteiger partial charge is 0.389 e. The quantitative estimate of drug-likeness (QED) is 0.859. The van der Waals surface area contributed by atoms with Gasteiger partial charge in [0, 0.05) is 22.4 Å². The molecule has 0 saturated heterocycles. The molecule has 0 radical (unpaired) electrons. The third kappa shape index (κ3) is 1.93. The van der Waals surface area contributed by atoms with Gasteiger partial charge in [0.05, 0.1) is 12.0 Å². The standard InChI is InChI=1S/C10H8BrN3S/c11-7-2-1-3-8(9(7)10(12)15)14-5-4-13-6-14/h1-6H,(H2,12,15). The maximum atomic E-state index is 5.69. The predicted molar refractivity (Wildman–Crippen MR) is 67.2 cm³/mol. The Labute approximate surface area is 101 Å². The van der Waals surface area contributed by atoms with Gasteiger partial charge in [-0.25, -0.2) is 4.98 Å². The Morgan fingerprint density at radius 3 is 2.87 bits per heavy atom. The first-order valence-electron chi connectivity index (χ1n) is 4.27. The van der Waals surface area contributed by atoms with Crippen LogP contribution in [0.15, 0.2) is 41.4 Å². The minimum absolute atomic E-state index is 0.367. The maximum Gasteiger partial charge on any atom is 0.107 e. The molecule has 3 nitrogen and oxygen atoms in total. The highest BCUT2D eigenvalue weighted by atomic mass is 79.9. The summed E-state index contributed by atoms with van der Waals surface area (Å²) in [4.78, 5) is 4.36. The van der Waals surface area contributed by atoms with E-state index in [0.717, 1.165) is 15.7 Å². The van der Waals surface area contributed by atoms with Crippen molar-refractivity contribution in [3.8, 4) is 5.69 Å². The fourth-order valence-corrected chi connectivity index (χ4v) is 2.29. The molecular formula is C10H8BrN3S. The van der Waals surface area contributed by atoms with Crippen LogP contribution in [0.5, 0.6) is 0 Å². The van der Waals surface area contributed by atoms with Crippen LogP contribution in [-0.2, 0) is 0 Å². The highest BCUT2D eigenvalue weighted by molar-refractivity contribution is 9.10. The van der Waals surface area contributed by atoms with Gasteiger partial charge in [-0.15, -0.1) is 0 Å². The average Bonchev–Trinajstić information content (AvgIpc) is 2.69. The Kier molecular flexibility index (Phi) is 2.83. The third-order valence-electron chi connectivity index (χ3n) is 2.02. The van der Waals surface area contributed by atoms with E-state index in [1.165, 1.54) is 0 Å². The van der Waals surface area contributed by atoms with Crippen LogP contribution in [0.2, 0.25) is 0 Å². The van der Waals surface area contributed by atoms with E-state index >= 15 is 0 Å². The summed E-state index contributed by atoms with van der Waals surface area (Å²) in [6.07, 6.45) is 5.28. The van der Waals surface area contributed by atoms with Gasteiger partial charge in [0.15, 0.2) is 0 Å². The van der Waals surface area contributed by atoms with Crippen molar-refractivity contribution in [1.29, 1.82) is 0 Å². The summed E-state index contributed by atoms with van der Waals surface area (Å²) in [5, 5.41) is 0. The molecule has 76 valence electrons. The fraction of sp³-hybridized carbons (Fsp3) is 0. The van der Waals surface area contributed by atoms with Crippen LogP contribution in [0.4, 0.5) is 0 Å². The monoisotopic (exact) mass is 281 g/mol. The molecule has 1 aromatic carbocycles. The number of halogens is 1. The topological polar surface area (TPSA) is 43.8 Å². The summed E-state index contributed by atoms with van der Waals surface area (Å²) < 4.78 is 2.76. The van der Waals surface area contributed by atoms with Gasteiger partial charge in [0.1, 0.15) is 4.99 Å². The number of hydrogen-bond acceptors (Lipinski definition) is 2. The summed E-state index contributed by atoms with van der Waals surface area (Å²) in [6.45, 7) is 0. The van der Waals surface area contributed by atoms with Crippen molar-refractivity contribution < 1.29 is 0 Å². The van der Waals surface area contributed by atoms with Crippen LogP contribution in [-0.4, -0.2) is 14.5 Å². The Morgan fingerprint density at radius 1 is 1.47 bits per heavy atom. The van der Waals surface area contributed by atoms with Crippen LogP contribution >= 0.6 is 28.1 Å². The van der Waals surface area contributed by atoms with Gasteiger partial charge in [-0.3, -0.25) is 0 Å². The molecule has 0 amide bonds. The second kappa shape index (κ2) is 4.12. The number of thiocarbonyl (C=S) groups is 1. The fourth-order valence-electron chi connectivity index (χ4n) is 1.37.